The van der Waals surface area contributed by atoms with Gasteiger partial charge in [0.15, 0.2) is 5.88 Å². The molecule has 7 nitrogen and oxygen atoms in total. The number of ether oxygens (including phenoxy) is 3. The lowest BCUT2D eigenvalue weighted by Gasteiger charge is -2.25. The van der Waals surface area contributed by atoms with Crippen molar-refractivity contribution < 1.29 is 28.9 Å². The van der Waals surface area contributed by atoms with Gasteiger partial charge >= 0.3 is 12.1 Å². The van der Waals surface area contributed by atoms with Crippen LogP contribution in [0, 0.1) is 0 Å². The molecule has 1 aromatic rings. The number of carbonyl (C=O) groups excluding carboxylic acids is 2. The van der Waals surface area contributed by atoms with E-state index in [1.165, 1.54) is 6.07 Å². The van der Waals surface area contributed by atoms with Gasteiger partial charge in [0.1, 0.15) is 11.4 Å². The zero-order valence-corrected chi connectivity index (χ0v) is 14.1. The number of esters is 1. The molecule has 0 aromatic heterocycles. The largest absolute Gasteiger partial charge is 0.445 e. The Kier molecular flexibility index (Phi) is 5.14. The number of hydrogen-bond donors (Lipinski definition) is 2. The molecule has 24 heavy (non-hydrogen) atoms. The van der Waals surface area contributed by atoms with E-state index in [0.29, 0.717) is 16.9 Å². The summed E-state index contributed by atoms with van der Waals surface area (Å²) >= 11 is 0. The van der Waals surface area contributed by atoms with Crippen molar-refractivity contribution >= 4 is 18.1 Å². The smallest absolute Gasteiger partial charge is 0.414 e. The highest BCUT2D eigenvalue weighted by molar-refractivity contribution is 5.74. The lowest BCUT2D eigenvalue weighted by atomic mass is 10.0. The van der Waals surface area contributed by atoms with E-state index in [0.717, 1.165) is 0 Å². The second-order valence-corrected chi connectivity index (χ2v) is 6.22. The van der Waals surface area contributed by atoms with Crippen LogP contribution in [-0.2, 0) is 14.3 Å². The number of hydrogen-bond acceptors (Lipinski definition) is 6. The standard InChI is InChI=1S/C17H21NO6/c1-5-14(19)22-11-7-6-10-8-13(23-15(20)12(10)9-11)18-16(21)24-17(2,3)4/h6-9,15,20H,5H2,1-4H3,(H,18,21). The van der Waals surface area contributed by atoms with Crippen molar-refractivity contribution in [3.8, 4) is 5.75 Å². The van der Waals surface area contributed by atoms with Gasteiger partial charge in [-0.3, -0.25) is 10.1 Å². The number of carbonyl (C=O) groups is 2. The summed E-state index contributed by atoms with van der Waals surface area (Å²) < 4.78 is 15.5. The predicted molar refractivity (Wildman–Crippen MR) is 85.8 cm³/mol. The summed E-state index contributed by atoms with van der Waals surface area (Å²) in [5.74, 6) is 0.0201. The maximum atomic E-state index is 11.8. The van der Waals surface area contributed by atoms with E-state index < -0.39 is 18.0 Å². The SMILES string of the molecule is CCC(=O)Oc1ccc2c(c1)C(O)OC(NC(=O)OC(C)(C)C)=C2. The third-order valence-corrected chi connectivity index (χ3v) is 2.99. The molecule has 0 saturated carbocycles. The van der Waals surface area contributed by atoms with Gasteiger partial charge in [0.05, 0.1) is 0 Å². The van der Waals surface area contributed by atoms with Crippen molar-refractivity contribution in [2.75, 3.05) is 0 Å². The number of rotatable bonds is 3. The molecule has 2 N–H and O–H groups in total. The fourth-order valence-electron chi connectivity index (χ4n) is 1.99. The molecule has 1 amide bonds. The normalized spacial score (nSPS) is 16.4. The summed E-state index contributed by atoms with van der Waals surface area (Å²) in [6.07, 6.45) is -0.176. The minimum absolute atomic E-state index is 0.0718. The van der Waals surface area contributed by atoms with Crippen LogP contribution < -0.4 is 10.1 Å². The highest BCUT2D eigenvalue weighted by Crippen LogP contribution is 2.31. The molecule has 1 unspecified atom stereocenters. The van der Waals surface area contributed by atoms with Crippen LogP contribution in [0.1, 0.15) is 51.5 Å². The number of aliphatic hydroxyl groups excluding tert-OH is 1. The number of alkyl carbamates (subject to hydrolysis) is 1. The molecule has 0 spiro atoms. The molecule has 0 saturated heterocycles. The molecule has 0 bridgehead atoms. The summed E-state index contributed by atoms with van der Waals surface area (Å²) in [6.45, 7) is 6.92. The van der Waals surface area contributed by atoms with E-state index in [9.17, 15) is 14.7 Å². The zero-order valence-electron chi connectivity index (χ0n) is 14.1. The highest BCUT2D eigenvalue weighted by atomic mass is 16.6. The highest BCUT2D eigenvalue weighted by Gasteiger charge is 2.24. The van der Waals surface area contributed by atoms with Crippen molar-refractivity contribution in [1.82, 2.24) is 5.32 Å². The minimum atomic E-state index is -1.30. The lowest BCUT2D eigenvalue weighted by molar-refractivity contribution is -0.134. The Morgan fingerprint density at radius 3 is 2.67 bits per heavy atom. The first kappa shape index (κ1) is 17.8. The molecule has 130 valence electrons. The van der Waals surface area contributed by atoms with Crippen molar-refractivity contribution in [3.05, 3.63) is 35.2 Å². The Morgan fingerprint density at radius 2 is 2.04 bits per heavy atom. The summed E-state index contributed by atoms with van der Waals surface area (Å²) in [5, 5.41) is 12.5. The fourth-order valence-corrected chi connectivity index (χ4v) is 1.99. The Hall–Kier alpha value is -2.54. The van der Waals surface area contributed by atoms with Crippen LogP contribution in [0.5, 0.6) is 5.75 Å². The third kappa shape index (κ3) is 4.73. The Balaban J connectivity index is 2.15. The van der Waals surface area contributed by atoms with Gasteiger partial charge in [-0.25, -0.2) is 4.79 Å². The number of benzene rings is 1. The fraction of sp³-hybridized carbons (Fsp3) is 0.412. The first-order chi connectivity index (χ1) is 11.2. The van der Waals surface area contributed by atoms with E-state index in [4.69, 9.17) is 14.2 Å². The molecule has 0 aliphatic carbocycles. The van der Waals surface area contributed by atoms with Gasteiger partial charge in [-0.1, -0.05) is 13.0 Å². The predicted octanol–water partition coefficient (Wildman–Crippen LogP) is 2.85. The Morgan fingerprint density at radius 1 is 1.33 bits per heavy atom. The molecular weight excluding hydrogens is 314 g/mol. The van der Waals surface area contributed by atoms with E-state index in [2.05, 4.69) is 5.32 Å². The van der Waals surface area contributed by atoms with Crippen LogP contribution in [-0.4, -0.2) is 22.8 Å². The van der Waals surface area contributed by atoms with Gasteiger partial charge in [-0.2, -0.15) is 0 Å². The van der Waals surface area contributed by atoms with Gasteiger partial charge in [-0.15, -0.1) is 0 Å². The Labute approximate surface area is 140 Å². The first-order valence-electron chi connectivity index (χ1n) is 7.59. The lowest BCUT2D eigenvalue weighted by Crippen LogP contribution is -2.33. The van der Waals surface area contributed by atoms with Gasteiger partial charge in [0.2, 0.25) is 6.29 Å². The second kappa shape index (κ2) is 6.92. The van der Waals surface area contributed by atoms with Crippen LogP contribution in [0.25, 0.3) is 6.08 Å². The summed E-state index contributed by atoms with van der Waals surface area (Å²) in [4.78, 5) is 23.1. The van der Waals surface area contributed by atoms with E-state index in [1.807, 2.05) is 0 Å². The Bertz CT molecular complexity index is 674. The molecular formula is C17H21NO6. The monoisotopic (exact) mass is 335 g/mol. The summed E-state index contributed by atoms with van der Waals surface area (Å²) in [7, 11) is 0. The number of amides is 1. The maximum Gasteiger partial charge on any atom is 0.414 e. The molecule has 0 radical (unpaired) electrons. The minimum Gasteiger partial charge on any atom is -0.445 e. The zero-order chi connectivity index (χ0) is 17.9. The molecule has 0 fully saturated rings. The first-order valence-corrected chi connectivity index (χ1v) is 7.59. The van der Waals surface area contributed by atoms with Crippen molar-refractivity contribution in [2.45, 2.75) is 46.0 Å². The van der Waals surface area contributed by atoms with Crippen molar-refractivity contribution in [3.63, 3.8) is 0 Å². The van der Waals surface area contributed by atoms with Gasteiger partial charge in [-0.05, 0) is 38.5 Å². The average Bonchev–Trinajstić information content (AvgIpc) is 2.45. The third-order valence-electron chi connectivity index (χ3n) is 2.99. The van der Waals surface area contributed by atoms with Gasteiger partial charge in [0, 0.05) is 18.1 Å². The second-order valence-electron chi connectivity index (χ2n) is 6.22. The molecule has 7 heteroatoms. The molecule has 1 heterocycles. The summed E-state index contributed by atoms with van der Waals surface area (Å²) in [6, 6.07) is 4.79. The molecule has 1 atom stereocenters. The summed E-state index contributed by atoms with van der Waals surface area (Å²) in [5.41, 5.74) is 0.427. The van der Waals surface area contributed by atoms with E-state index >= 15 is 0 Å². The van der Waals surface area contributed by atoms with Gasteiger partial charge in [0.25, 0.3) is 0 Å². The number of aliphatic hydroxyl groups is 1. The van der Waals surface area contributed by atoms with Crippen LogP contribution in [0.15, 0.2) is 24.1 Å². The van der Waals surface area contributed by atoms with Crippen molar-refractivity contribution in [2.24, 2.45) is 0 Å². The van der Waals surface area contributed by atoms with E-state index in [1.54, 1.807) is 45.9 Å². The van der Waals surface area contributed by atoms with Crippen molar-refractivity contribution in [1.29, 1.82) is 0 Å². The van der Waals surface area contributed by atoms with E-state index in [-0.39, 0.29) is 18.3 Å². The molecule has 1 aliphatic rings. The average molecular weight is 335 g/mol. The van der Waals surface area contributed by atoms with Crippen LogP contribution in [0.3, 0.4) is 0 Å². The van der Waals surface area contributed by atoms with Crippen LogP contribution in [0.4, 0.5) is 4.79 Å². The number of fused-ring (bicyclic) bond motifs is 1. The number of nitrogens with one attached hydrogen (secondary N) is 1. The van der Waals surface area contributed by atoms with Crippen LogP contribution >= 0.6 is 0 Å². The van der Waals surface area contributed by atoms with Gasteiger partial charge < -0.3 is 19.3 Å². The molecule has 1 aromatic carbocycles. The quantitative estimate of drug-likeness (QED) is 0.651. The topological polar surface area (TPSA) is 94.1 Å². The molecule has 2 rings (SSSR count). The molecule has 1 aliphatic heterocycles. The maximum absolute atomic E-state index is 11.8. The van der Waals surface area contributed by atoms with Crippen LogP contribution in [0.2, 0.25) is 0 Å².